The number of hydrogen-bond acceptors (Lipinski definition) is 4. The number of hydrogen-bond donors (Lipinski definition) is 3. The fraction of sp³-hybridized carbons (Fsp3) is 0.333. The van der Waals surface area contributed by atoms with Gasteiger partial charge in [-0.15, -0.1) is 0 Å². The molecule has 2 rings (SSSR count). The predicted molar refractivity (Wildman–Crippen MR) is 82.9 cm³/mol. The number of carboxylic acids is 1. The van der Waals surface area contributed by atoms with Gasteiger partial charge in [0.2, 0.25) is 5.43 Å². The van der Waals surface area contributed by atoms with E-state index in [1.807, 2.05) is 6.92 Å². The van der Waals surface area contributed by atoms with Crippen molar-refractivity contribution in [2.24, 2.45) is 5.73 Å². The van der Waals surface area contributed by atoms with Crippen molar-refractivity contribution in [3.63, 3.8) is 0 Å². The van der Waals surface area contributed by atoms with Crippen LogP contribution in [0.3, 0.4) is 0 Å². The number of fused-ring (bicyclic) bond motifs is 1. The van der Waals surface area contributed by atoms with Crippen LogP contribution in [0.5, 0.6) is 0 Å². The molecular weight excluding hydrogens is 289 g/mol. The van der Waals surface area contributed by atoms with E-state index in [1.54, 1.807) is 11.5 Å². The van der Waals surface area contributed by atoms with E-state index < -0.39 is 17.2 Å². The lowest BCUT2D eigenvalue weighted by atomic mass is 10.1. The number of rotatable bonds is 5. The number of aryl methyl sites for hydroxylation is 1. The van der Waals surface area contributed by atoms with Crippen LogP contribution in [0.2, 0.25) is 0 Å². The molecule has 2 aromatic rings. The van der Waals surface area contributed by atoms with Crippen molar-refractivity contribution in [3.8, 4) is 0 Å². The molecule has 1 aromatic heterocycles. The number of carbonyl (C=O) groups is 1. The number of carboxylic acid groups (broad SMARTS) is 1. The van der Waals surface area contributed by atoms with Gasteiger partial charge >= 0.3 is 5.97 Å². The Morgan fingerprint density at radius 1 is 1.50 bits per heavy atom. The molecule has 1 heterocycles. The maximum absolute atomic E-state index is 14.1. The first-order valence-electron chi connectivity index (χ1n) is 6.94. The van der Waals surface area contributed by atoms with Crippen molar-refractivity contribution < 1.29 is 14.3 Å². The lowest BCUT2D eigenvalue weighted by molar-refractivity contribution is 0.0695. The molecule has 118 valence electrons. The molecule has 0 aliphatic heterocycles. The molecule has 1 atom stereocenters. The molecule has 0 spiro atoms. The van der Waals surface area contributed by atoms with Gasteiger partial charge in [0.1, 0.15) is 11.4 Å². The van der Waals surface area contributed by atoms with E-state index in [4.69, 9.17) is 10.8 Å². The van der Waals surface area contributed by atoms with Crippen molar-refractivity contribution in [1.29, 1.82) is 0 Å². The molecule has 0 saturated heterocycles. The second kappa shape index (κ2) is 6.15. The molecule has 0 fully saturated rings. The smallest absolute Gasteiger partial charge is 0.341 e. The van der Waals surface area contributed by atoms with Crippen molar-refractivity contribution in [2.45, 2.75) is 26.4 Å². The van der Waals surface area contributed by atoms with E-state index in [9.17, 15) is 14.0 Å². The average Bonchev–Trinajstić information content (AvgIpc) is 2.45. The minimum absolute atomic E-state index is 0.0468. The van der Waals surface area contributed by atoms with Crippen LogP contribution in [0, 0.1) is 5.82 Å². The molecular formula is C15H18FN3O3. The number of pyridine rings is 1. The summed E-state index contributed by atoms with van der Waals surface area (Å²) in [7, 11) is 0. The number of nitrogens with two attached hydrogens (primary N) is 1. The van der Waals surface area contributed by atoms with E-state index >= 15 is 0 Å². The summed E-state index contributed by atoms with van der Waals surface area (Å²) >= 11 is 0. The number of nitrogens with zero attached hydrogens (tertiary/aromatic N) is 1. The standard InChI is InChI=1S/C15H18FN3O3/c1-3-19-7-10(15(21)22)14(20)9-4-11(16)12(5-13(9)19)18-6-8(2)17/h4-5,7-8,18H,3,6,17H2,1-2H3,(H,21,22). The van der Waals surface area contributed by atoms with E-state index in [1.165, 1.54) is 12.3 Å². The minimum atomic E-state index is -1.33. The third-order valence-electron chi connectivity index (χ3n) is 3.35. The monoisotopic (exact) mass is 307 g/mol. The summed E-state index contributed by atoms with van der Waals surface area (Å²) in [6.45, 7) is 4.43. The summed E-state index contributed by atoms with van der Waals surface area (Å²) < 4.78 is 15.7. The molecule has 1 aromatic carbocycles. The highest BCUT2D eigenvalue weighted by Gasteiger charge is 2.16. The number of aromatic carboxylic acids is 1. The zero-order valence-corrected chi connectivity index (χ0v) is 12.4. The average molecular weight is 307 g/mol. The molecule has 6 nitrogen and oxygen atoms in total. The summed E-state index contributed by atoms with van der Waals surface area (Å²) in [6.07, 6.45) is 1.28. The van der Waals surface area contributed by atoms with Crippen LogP contribution < -0.4 is 16.5 Å². The van der Waals surface area contributed by atoms with Gasteiger partial charge < -0.3 is 20.7 Å². The van der Waals surface area contributed by atoms with E-state index in [0.29, 0.717) is 18.6 Å². The van der Waals surface area contributed by atoms with Crippen molar-refractivity contribution in [2.75, 3.05) is 11.9 Å². The first-order chi connectivity index (χ1) is 10.3. The normalized spacial score (nSPS) is 12.4. The summed E-state index contributed by atoms with van der Waals surface area (Å²) in [5, 5.41) is 12.0. The third-order valence-corrected chi connectivity index (χ3v) is 3.35. The highest BCUT2D eigenvalue weighted by molar-refractivity contribution is 5.93. The number of nitrogens with one attached hydrogen (secondary N) is 1. The second-order valence-corrected chi connectivity index (χ2v) is 5.17. The number of aromatic nitrogens is 1. The highest BCUT2D eigenvalue weighted by Crippen LogP contribution is 2.22. The first kappa shape index (κ1) is 16.0. The molecule has 4 N–H and O–H groups in total. The maximum Gasteiger partial charge on any atom is 0.341 e. The Kier molecular flexibility index (Phi) is 4.46. The fourth-order valence-electron chi connectivity index (χ4n) is 2.23. The SMILES string of the molecule is CCn1cc(C(=O)O)c(=O)c2cc(F)c(NCC(C)N)cc21. The topological polar surface area (TPSA) is 97.3 Å². The van der Waals surface area contributed by atoms with Gasteiger partial charge in [0.05, 0.1) is 11.2 Å². The van der Waals surface area contributed by atoms with Gasteiger partial charge in [0.25, 0.3) is 0 Å². The zero-order valence-electron chi connectivity index (χ0n) is 12.4. The second-order valence-electron chi connectivity index (χ2n) is 5.17. The first-order valence-corrected chi connectivity index (χ1v) is 6.94. The largest absolute Gasteiger partial charge is 0.477 e. The minimum Gasteiger partial charge on any atom is -0.477 e. The third kappa shape index (κ3) is 2.94. The van der Waals surface area contributed by atoms with Gasteiger partial charge in [-0.1, -0.05) is 0 Å². The molecule has 0 saturated carbocycles. The highest BCUT2D eigenvalue weighted by atomic mass is 19.1. The van der Waals surface area contributed by atoms with Crippen LogP contribution in [0.25, 0.3) is 10.9 Å². The summed E-state index contributed by atoms with van der Waals surface area (Å²) in [4.78, 5) is 23.3. The maximum atomic E-state index is 14.1. The Bertz CT molecular complexity index is 784. The van der Waals surface area contributed by atoms with E-state index in [0.717, 1.165) is 6.07 Å². The van der Waals surface area contributed by atoms with Crippen LogP contribution in [0.15, 0.2) is 23.1 Å². The van der Waals surface area contributed by atoms with Gasteiger partial charge in [-0.3, -0.25) is 4.79 Å². The van der Waals surface area contributed by atoms with Gasteiger partial charge in [-0.25, -0.2) is 9.18 Å². The van der Waals surface area contributed by atoms with Gasteiger partial charge in [0, 0.05) is 30.7 Å². The van der Waals surface area contributed by atoms with E-state index in [2.05, 4.69) is 5.32 Å². The van der Waals surface area contributed by atoms with Gasteiger partial charge in [-0.05, 0) is 26.0 Å². The van der Waals surface area contributed by atoms with Crippen LogP contribution in [-0.4, -0.2) is 28.2 Å². The Morgan fingerprint density at radius 3 is 2.73 bits per heavy atom. The summed E-state index contributed by atoms with van der Waals surface area (Å²) in [5.41, 5.74) is 5.28. The number of benzene rings is 1. The number of anilines is 1. The molecule has 1 unspecified atom stereocenters. The van der Waals surface area contributed by atoms with Crippen molar-refractivity contribution >= 4 is 22.6 Å². The van der Waals surface area contributed by atoms with Crippen molar-refractivity contribution in [3.05, 3.63) is 39.9 Å². The number of halogens is 1. The molecule has 22 heavy (non-hydrogen) atoms. The molecule has 0 amide bonds. The molecule has 0 aliphatic rings. The van der Waals surface area contributed by atoms with Gasteiger partial charge in [0.15, 0.2) is 0 Å². The summed E-state index contributed by atoms with van der Waals surface area (Å²) in [5.74, 6) is -1.94. The van der Waals surface area contributed by atoms with Crippen LogP contribution in [0.1, 0.15) is 24.2 Å². The van der Waals surface area contributed by atoms with Crippen LogP contribution in [0.4, 0.5) is 10.1 Å². The quantitative estimate of drug-likeness (QED) is 0.780. The van der Waals surface area contributed by atoms with Gasteiger partial charge in [-0.2, -0.15) is 0 Å². The molecule has 7 heteroatoms. The molecule has 0 aliphatic carbocycles. The molecule has 0 bridgehead atoms. The Labute approximate surface area is 126 Å². The van der Waals surface area contributed by atoms with Crippen LogP contribution >= 0.6 is 0 Å². The zero-order chi connectivity index (χ0) is 16.4. The lowest BCUT2D eigenvalue weighted by Gasteiger charge is -2.14. The Morgan fingerprint density at radius 2 is 2.18 bits per heavy atom. The van der Waals surface area contributed by atoms with E-state index in [-0.39, 0.29) is 22.7 Å². The molecule has 0 radical (unpaired) electrons. The Hall–Kier alpha value is -2.41. The Balaban J connectivity index is 2.69. The lowest BCUT2D eigenvalue weighted by Crippen LogP contribution is -2.25. The predicted octanol–water partition coefficient (Wildman–Crippen LogP) is 1.62. The van der Waals surface area contributed by atoms with Crippen molar-refractivity contribution in [1.82, 2.24) is 4.57 Å². The van der Waals surface area contributed by atoms with Crippen LogP contribution in [-0.2, 0) is 6.54 Å². The fourth-order valence-corrected chi connectivity index (χ4v) is 2.23. The summed E-state index contributed by atoms with van der Waals surface area (Å²) in [6, 6.07) is 2.42.